The Morgan fingerprint density at radius 1 is 0.280 bits per heavy atom. The van der Waals surface area contributed by atoms with Crippen LogP contribution in [0.5, 0.6) is 0 Å². The number of aliphatic hydroxyl groups excluding tert-OH is 1. The van der Waals surface area contributed by atoms with Crippen molar-refractivity contribution in [3.8, 4) is 0 Å². The lowest BCUT2D eigenvalue weighted by Gasteiger charge is -2.15. The van der Waals surface area contributed by atoms with Crippen molar-refractivity contribution in [3.63, 3.8) is 0 Å². The molecule has 1 atom stereocenters. The fraction of sp³-hybridized carbons (Fsp3) is 0.455. The zero-order valence-corrected chi connectivity index (χ0v) is 51.4. The average Bonchev–Trinajstić information content (AvgIpc) is 3.49. The van der Waals surface area contributed by atoms with Crippen LogP contribution in [0.3, 0.4) is 0 Å². The maximum atomic E-state index is 12.3. The van der Waals surface area contributed by atoms with Gasteiger partial charge in [0.05, 0.1) is 6.61 Å². The number of hydrogen-bond donors (Lipinski definition) is 1. The Morgan fingerprint density at radius 3 is 0.768 bits per heavy atom. The zero-order valence-electron chi connectivity index (χ0n) is 51.4. The van der Waals surface area contributed by atoms with E-state index in [0.717, 1.165) is 173 Å². The Hall–Kier alpha value is -6.30. The van der Waals surface area contributed by atoms with E-state index in [1.54, 1.807) is 0 Å². The maximum Gasteiger partial charge on any atom is 0.306 e. The molecule has 0 spiro atoms. The Labute approximate surface area is 502 Å². The highest BCUT2D eigenvalue weighted by Gasteiger charge is 2.16. The first kappa shape index (κ1) is 75.7. The largest absolute Gasteiger partial charge is 0.462 e. The first-order valence-corrected chi connectivity index (χ1v) is 31.6. The fourth-order valence-electron chi connectivity index (χ4n) is 7.50. The molecule has 1 unspecified atom stereocenters. The van der Waals surface area contributed by atoms with E-state index < -0.39 is 6.10 Å². The van der Waals surface area contributed by atoms with Crippen molar-refractivity contribution in [2.24, 2.45) is 0 Å². The Balaban J connectivity index is 3.75. The minimum atomic E-state index is -0.829. The molecule has 0 aromatic heterocycles. The van der Waals surface area contributed by atoms with E-state index in [1.807, 2.05) is 0 Å². The minimum absolute atomic E-state index is 0.123. The summed E-state index contributed by atoms with van der Waals surface area (Å²) in [6, 6.07) is 0. The van der Waals surface area contributed by atoms with E-state index in [9.17, 15) is 14.7 Å². The van der Waals surface area contributed by atoms with Crippen LogP contribution in [0, 0.1) is 0 Å². The van der Waals surface area contributed by atoms with Crippen LogP contribution in [-0.4, -0.2) is 36.4 Å². The second-order valence-electron chi connectivity index (χ2n) is 19.7. The van der Waals surface area contributed by atoms with Crippen molar-refractivity contribution in [1.82, 2.24) is 0 Å². The predicted molar refractivity (Wildman–Crippen MR) is 361 cm³/mol. The summed E-state index contributed by atoms with van der Waals surface area (Å²) in [5.41, 5.74) is 0. The van der Waals surface area contributed by atoms with Crippen molar-refractivity contribution in [2.75, 3.05) is 13.2 Å². The van der Waals surface area contributed by atoms with Crippen molar-refractivity contribution < 1.29 is 24.2 Å². The van der Waals surface area contributed by atoms with E-state index in [0.29, 0.717) is 12.8 Å². The van der Waals surface area contributed by atoms with Crippen LogP contribution >= 0.6 is 0 Å². The summed E-state index contributed by atoms with van der Waals surface area (Å²) in [6.45, 7) is 3.82. The van der Waals surface area contributed by atoms with Gasteiger partial charge in [-0.1, -0.05) is 276 Å². The van der Waals surface area contributed by atoms with Crippen LogP contribution in [0.25, 0.3) is 0 Å². The van der Waals surface area contributed by atoms with Crippen molar-refractivity contribution in [3.05, 3.63) is 243 Å². The summed E-state index contributed by atoms with van der Waals surface area (Å²) < 4.78 is 10.7. The van der Waals surface area contributed by atoms with Crippen LogP contribution < -0.4 is 0 Å². The van der Waals surface area contributed by atoms with Gasteiger partial charge in [0, 0.05) is 12.8 Å². The molecule has 0 saturated carbocycles. The molecule has 0 amide bonds. The minimum Gasteiger partial charge on any atom is -0.462 e. The molecule has 0 saturated heterocycles. The number of esters is 2. The number of rotatable bonds is 54. The van der Waals surface area contributed by atoms with Gasteiger partial charge in [-0.3, -0.25) is 9.59 Å². The van der Waals surface area contributed by atoms with Gasteiger partial charge in [-0.25, -0.2) is 0 Å². The number of unbranched alkanes of at least 4 members (excludes halogenated alkanes) is 6. The molecule has 0 rings (SSSR count). The summed E-state index contributed by atoms with van der Waals surface area (Å²) in [7, 11) is 0. The van der Waals surface area contributed by atoms with E-state index in [2.05, 4.69) is 257 Å². The SMILES string of the molecule is CC/C=C\C/C=C\C/C=C\C/C=C\C/C=C\C/C=C\C/C=C\C/C=C\C/C=C\C/C=C\C/C=C\CCCCCCCC(=O)OC(CO)COC(=O)CCC/C=C\C/C=C\C/C=C\C/C=C\C/C=C\C/C=C\C/C=C\C/C=C\C/C=C\CC. The van der Waals surface area contributed by atoms with Gasteiger partial charge >= 0.3 is 11.9 Å². The van der Waals surface area contributed by atoms with E-state index in [1.165, 1.54) is 0 Å². The summed E-state index contributed by atoms with van der Waals surface area (Å²) in [5.74, 6) is -0.706. The fourth-order valence-corrected chi connectivity index (χ4v) is 7.50. The van der Waals surface area contributed by atoms with Gasteiger partial charge < -0.3 is 14.6 Å². The molecule has 0 aromatic carbocycles. The predicted octanol–water partition coefficient (Wildman–Crippen LogP) is 22.3. The molecule has 0 aliphatic rings. The van der Waals surface area contributed by atoms with Gasteiger partial charge in [-0.2, -0.15) is 0 Å². The van der Waals surface area contributed by atoms with Gasteiger partial charge in [0.25, 0.3) is 0 Å². The number of allylic oxidation sites excluding steroid dienone is 40. The molecule has 0 aliphatic carbocycles. The van der Waals surface area contributed by atoms with Crippen LogP contribution in [-0.2, 0) is 19.1 Å². The summed E-state index contributed by atoms with van der Waals surface area (Å²) in [6.07, 6.45) is 116. The van der Waals surface area contributed by atoms with Gasteiger partial charge in [0.2, 0.25) is 0 Å². The lowest BCUT2D eigenvalue weighted by atomic mass is 10.1. The van der Waals surface area contributed by atoms with Crippen LogP contribution in [0.2, 0.25) is 0 Å². The summed E-state index contributed by atoms with van der Waals surface area (Å²) in [5, 5.41) is 9.67. The van der Waals surface area contributed by atoms with Gasteiger partial charge in [-0.15, -0.1) is 0 Å². The molecule has 0 aliphatic heterocycles. The molecular weight excluding hydrogens is 1000 g/mol. The second-order valence-corrected chi connectivity index (χ2v) is 19.7. The molecule has 0 bridgehead atoms. The van der Waals surface area contributed by atoms with Crippen molar-refractivity contribution in [1.29, 1.82) is 0 Å². The normalized spacial score (nSPS) is 13.9. The third kappa shape index (κ3) is 66.2. The third-order valence-electron chi connectivity index (χ3n) is 12.1. The number of hydrogen-bond acceptors (Lipinski definition) is 5. The van der Waals surface area contributed by atoms with Crippen LogP contribution in [0.4, 0.5) is 0 Å². The van der Waals surface area contributed by atoms with Gasteiger partial charge in [0.15, 0.2) is 6.10 Å². The van der Waals surface area contributed by atoms with Gasteiger partial charge in [-0.05, 0) is 161 Å². The molecule has 0 heterocycles. The zero-order chi connectivity index (χ0) is 59.1. The van der Waals surface area contributed by atoms with Crippen LogP contribution in [0.1, 0.15) is 206 Å². The van der Waals surface area contributed by atoms with E-state index in [-0.39, 0.29) is 31.6 Å². The molecule has 1 N–H and O–H groups in total. The summed E-state index contributed by atoms with van der Waals surface area (Å²) in [4.78, 5) is 24.6. The molecule has 450 valence electrons. The second kappa shape index (κ2) is 69.0. The monoisotopic (exact) mass is 1120 g/mol. The molecule has 0 fully saturated rings. The number of carbonyl (C=O) groups is 2. The van der Waals surface area contributed by atoms with Crippen molar-refractivity contribution >= 4 is 11.9 Å². The lowest BCUT2D eigenvalue weighted by molar-refractivity contribution is -0.161. The topological polar surface area (TPSA) is 72.8 Å². The number of ether oxygens (including phenoxy) is 2. The Morgan fingerprint density at radius 2 is 0.500 bits per heavy atom. The molecule has 0 radical (unpaired) electrons. The quantitative estimate of drug-likeness (QED) is 0.0373. The highest BCUT2D eigenvalue weighted by atomic mass is 16.6. The molecule has 0 aromatic rings. The molecule has 5 heteroatoms. The third-order valence-corrected chi connectivity index (χ3v) is 12.1. The smallest absolute Gasteiger partial charge is 0.306 e. The standard InChI is InChI=1S/C77H112O5/c1-3-5-7-9-11-13-15-17-19-21-23-25-27-29-31-33-34-35-36-37-38-39-40-41-42-44-46-48-50-52-54-56-58-60-62-64-66-68-70-72-77(80)82-75(73-78)74-81-76(79)71-69-67-65-63-61-59-57-55-53-51-49-47-45-43-32-30-28-26-24-22-20-18-16-14-12-10-8-6-4-2/h5-8,11-14,17-20,23-26,29-32,34-35,37-38,40-41,44-47,50-53,56-59,63,65,75,78H,3-4,9-10,15-16,21-22,27-28,33,36,39,42-43,48-49,54-55,60-62,64,66-74H2,1-2H3/b7-5-,8-6-,13-11-,14-12-,19-17-,20-18-,25-23-,26-24-,31-29-,32-30-,35-34-,38-37-,41-40-,46-44-,47-45-,52-50-,53-51-,58-56-,59-57-,65-63-. The first-order chi connectivity index (χ1) is 40.6. The highest BCUT2D eigenvalue weighted by molar-refractivity contribution is 5.70. The van der Waals surface area contributed by atoms with Crippen molar-refractivity contribution in [2.45, 2.75) is 213 Å². The molecular formula is C77H112O5. The molecule has 5 nitrogen and oxygen atoms in total. The first-order valence-electron chi connectivity index (χ1n) is 31.6. The highest BCUT2D eigenvalue weighted by Crippen LogP contribution is 2.11. The van der Waals surface area contributed by atoms with E-state index >= 15 is 0 Å². The average molecular weight is 1120 g/mol. The maximum absolute atomic E-state index is 12.3. The number of carbonyl (C=O) groups excluding carboxylic acids is 2. The van der Waals surface area contributed by atoms with Gasteiger partial charge in [0.1, 0.15) is 6.61 Å². The lowest BCUT2D eigenvalue weighted by Crippen LogP contribution is -2.28. The number of aliphatic hydroxyl groups is 1. The Kier molecular flexibility index (Phi) is 63.7. The molecule has 82 heavy (non-hydrogen) atoms. The Bertz CT molecular complexity index is 2090. The van der Waals surface area contributed by atoms with E-state index in [4.69, 9.17) is 9.47 Å². The summed E-state index contributed by atoms with van der Waals surface area (Å²) >= 11 is 0. The van der Waals surface area contributed by atoms with Crippen LogP contribution in [0.15, 0.2) is 243 Å².